The van der Waals surface area contributed by atoms with Crippen LogP contribution in [0.25, 0.3) is 0 Å². The third kappa shape index (κ3) is 4.46. The van der Waals surface area contributed by atoms with Crippen LogP contribution in [0.15, 0.2) is 79.0 Å². The summed E-state index contributed by atoms with van der Waals surface area (Å²) in [5, 5.41) is 0. The molecule has 7 nitrogen and oxygen atoms in total. The normalized spacial score (nSPS) is 17.0. The summed E-state index contributed by atoms with van der Waals surface area (Å²) >= 11 is 0. The van der Waals surface area contributed by atoms with Crippen LogP contribution >= 0.6 is 7.82 Å². The molecule has 2 atom stereocenters. The van der Waals surface area contributed by atoms with Crippen LogP contribution in [-0.2, 0) is 22.2 Å². The van der Waals surface area contributed by atoms with Crippen LogP contribution < -0.4 is 39.0 Å². The number of carbonyl (C=O) groups is 2. The van der Waals surface area contributed by atoms with Gasteiger partial charge in [0.2, 0.25) is 0 Å². The fourth-order valence-corrected chi connectivity index (χ4v) is 5.94. The van der Waals surface area contributed by atoms with Crippen molar-refractivity contribution in [2.45, 2.75) is 26.0 Å². The van der Waals surface area contributed by atoms with Crippen LogP contribution in [0.1, 0.15) is 67.1 Å². The molecule has 180 valence electrons. The Bertz CT molecular complexity index is 1600. The average Bonchev–Trinajstić information content (AvgIpc) is 3.27. The minimum Gasteiger partial charge on any atom is -0.746 e. The van der Waals surface area contributed by atoms with Crippen LogP contribution in [0, 0.1) is 0 Å². The van der Waals surface area contributed by atoms with E-state index in [2.05, 4.69) is 0 Å². The molecule has 1 aromatic heterocycles. The molecule has 0 fully saturated rings. The van der Waals surface area contributed by atoms with Gasteiger partial charge in [-0.15, -0.1) is 0 Å². The summed E-state index contributed by atoms with van der Waals surface area (Å²) < 4.78 is 24.8. The van der Waals surface area contributed by atoms with Gasteiger partial charge in [-0.05, 0) is 22.8 Å². The molecule has 0 spiro atoms. The number of phosphoric acid groups is 1. The number of ketones is 2. The molecule has 3 aromatic carbocycles. The number of hydrogen-bond donors (Lipinski definition) is 0. The summed E-state index contributed by atoms with van der Waals surface area (Å²) in [6.07, 6.45) is 1.69. The molecule has 0 saturated carbocycles. The number of benzene rings is 3. The number of nitrogens with zero attached hydrogens (tertiary/aromatic N) is 1. The number of carbonyl (C=O) groups excluding carboxylic acids is 2. The van der Waals surface area contributed by atoms with Crippen LogP contribution in [0.3, 0.4) is 0 Å². The van der Waals surface area contributed by atoms with Crippen molar-refractivity contribution in [1.82, 2.24) is 4.57 Å². The Hall–Kier alpha value is -2.77. The molecule has 2 aliphatic rings. The maximum absolute atomic E-state index is 13.7. The maximum atomic E-state index is 13.7. The van der Waals surface area contributed by atoms with E-state index in [1.54, 1.807) is 30.5 Å². The number of hydrogen-bond acceptors (Lipinski definition) is 6. The van der Waals surface area contributed by atoms with Crippen molar-refractivity contribution in [2.24, 2.45) is 0 Å². The molecule has 37 heavy (non-hydrogen) atoms. The Balaban J connectivity index is 0.00000280. The van der Waals surface area contributed by atoms with Gasteiger partial charge in [-0.1, -0.05) is 73.7 Å². The van der Waals surface area contributed by atoms with E-state index in [0.29, 0.717) is 17.7 Å². The number of rotatable bonds is 5. The van der Waals surface area contributed by atoms with Gasteiger partial charge < -0.3 is 18.5 Å². The van der Waals surface area contributed by atoms with Crippen LogP contribution in [0.4, 0.5) is 0 Å². The molecule has 1 aliphatic carbocycles. The summed E-state index contributed by atoms with van der Waals surface area (Å²) in [7, 11) is -4.83. The van der Waals surface area contributed by atoms with Gasteiger partial charge in [-0.25, -0.2) is 0 Å². The molecule has 0 amide bonds. The molecular weight excluding hydrogens is 500 g/mol. The second-order valence-electron chi connectivity index (χ2n) is 8.99. The van der Waals surface area contributed by atoms with E-state index in [1.165, 1.54) is 18.2 Å². The summed E-state index contributed by atoms with van der Waals surface area (Å²) in [4.78, 5) is 39.9. The van der Waals surface area contributed by atoms with E-state index in [9.17, 15) is 19.0 Å². The van der Waals surface area contributed by atoms with E-state index in [-0.39, 0.29) is 70.3 Å². The van der Waals surface area contributed by atoms with E-state index in [1.807, 2.05) is 41.8 Å². The van der Waals surface area contributed by atoms with Crippen LogP contribution in [0.2, 0.25) is 0 Å². The van der Waals surface area contributed by atoms with E-state index in [4.69, 9.17) is 9.05 Å². The standard InChI is InChI=1S/C28H22NO6P.Na/c1-17-20-11-6-5-10-19(20)14-29-15-22-25(26(17)29)27(30)21-12-7-13-23(24(21)28(22)31)35-36(32,33)34-16-18-8-3-2-4-9-18;/h2-13,15,17H,14,16H2,1H3,(H,32,33);/q;+1/p-1/t17-;/m1./s1. The number of fused-ring (bicyclic) bond motifs is 5. The third-order valence-electron chi connectivity index (χ3n) is 6.80. The molecular formula is C28H21NNaO6P. The van der Waals surface area contributed by atoms with Crippen molar-refractivity contribution >= 4 is 19.4 Å². The van der Waals surface area contributed by atoms with Gasteiger partial charge in [0.25, 0.3) is 0 Å². The summed E-state index contributed by atoms with van der Waals surface area (Å²) in [5.74, 6) is -1.07. The smallest absolute Gasteiger partial charge is 0.746 e. The quantitative estimate of drug-likeness (QED) is 0.259. The predicted octanol–water partition coefficient (Wildman–Crippen LogP) is 1.84. The Kier molecular flexibility index (Phi) is 6.88. The zero-order chi connectivity index (χ0) is 25.0. The molecule has 0 bridgehead atoms. The minimum absolute atomic E-state index is 0. The van der Waals surface area contributed by atoms with Gasteiger partial charge in [0.1, 0.15) is 5.75 Å². The zero-order valence-corrected chi connectivity index (χ0v) is 23.2. The Morgan fingerprint density at radius 1 is 0.919 bits per heavy atom. The van der Waals surface area contributed by atoms with Crippen molar-refractivity contribution in [3.8, 4) is 5.75 Å². The van der Waals surface area contributed by atoms with Crippen molar-refractivity contribution in [1.29, 1.82) is 0 Å². The largest absolute Gasteiger partial charge is 1.00 e. The molecule has 6 rings (SSSR count). The summed E-state index contributed by atoms with van der Waals surface area (Å²) in [6, 6.07) is 21.2. The molecule has 4 aromatic rings. The fourth-order valence-electron chi connectivity index (χ4n) is 5.18. The first kappa shape index (κ1) is 25.9. The van der Waals surface area contributed by atoms with Gasteiger partial charge in [-0.2, -0.15) is 0 Å². The maximum Gasteiger partial charge on any atom is 1.00 e. The fraction of sp³-hybridized carbons (Fsp3) is 0.143. The van der Waals surface area contributed by atoms with Crippen molar-refractivity contribution in [2.75, 3.05) is 0 Å². The average molecular weight is 521 g/mol. The predicted molar refractivity (Wildman–Crippen MR) is 130 cm³/mol. The zero-order valence-electron chi connectivity index (χ0n) is 20.3. The molecule has 0 N–H and O–H groups in total. The number of phosphoric ester groups is 1. The molecule has 1 aliphatic heterocycles. The van der Waals surface area contributed by atoms with Crippen molar-refractivity contribution in [3.05, 3.63) is 124 Å². The van der Waals surface area contributed by atoms with E-state index in [0.717, 1.165) is 16.8 Å². The first-order valence-electron chi connectivity index (χ1n) is 11.6. The molecule has 9 heteroatoms. The van der Waals surface area contributed by atoms with Crippen molar-refractivity contribution in [3.63, 3.8) is 0 Å². The van der Waals surface area contributed by atoms with Crippen LogP contribution in [0.5, 0.6) is 5.75 Å². The minimum atomic E-state index is -4.83. The van der Waals surface area contributed by atoms with Gasteiger partial charge in [-0.3, -0.25) is 14.2 Å². The summed E-state index contributed by atoms with van der Waals surface area (Å²) in [6.45, 7) is 2.36. The molecule has 0 radical (unpaired) electrons. The van der Waals surface area contributed by atoms with Gasteiger partial charge in [0.05, 0.1) is 23.3 Å². The van der Waals surface area contributed by atoms with Gasteiger partial charge >= 0.3 is 37.4 Å². The number of aromatic nitrogens is 1. The second kappa shape index (κ2) is 9.84. The first-order chi connectivity index (χ1) is 17.3. The van der Waals surface area contributed by atoms with Gasteiger partial charge in [0.15, 0.2) is 11.6 Å². The monoisotopic (exact) mass is 521 g/mol. The summed E-state index contributed by atoms with van der Waals surface area (Å²) in [5.41, 5.74) is 4.38. The van der Waals surface area contributed by atoms with Crippen molar-refractivity contribution < 1.29 is 57.7 Å². The Morgan fingerprint density at radius 2 is 1.62 bits per heavy atom. The molecule has 2 heterocycles. The van der Waals surface area contributed by atoms with Gasteiger partial charge in [0, 0.05) is 29.9 Å². The Morgan fingerprint density at radius 3 is 2.41 bits per heavy atom. The SMILES string of the molecule is C[C@@H]1c2ccccc2Cn2cc3c(c21)C(=O)c1cccc(OP(=O)([O-])OCc2ccccc2)c1C3=O.[Na+]. The first-order valence-corrected chi connectivity index (χ1v) is 13.0. The van der Waals surface area contributed by atoms with E-state index < -0.39 is 13.6 Å². The Labute approximate surface area is 236 Å². The molecule has 1 unspecified atom stereocenters. The molecule has 0 saturated heterocycles. The third-order valence-corrected chi connectivity index (χ3v) is 7.67. The van der Waals surface area contributed by atoms with Crippen LogP contribution in [-0.4, -0.2) is 16.1 Å². The topological polar surface area (TPSA) is 97.7 Å². The van der Waals surface area contributed by atoms with E-state index >= 15 is 0 Å². The second-order valence-corrected chi connectivity index (χ2v) is 10.3.